The number of methoxy groups -OCH3 is 1. The highest BCUT2D eigenvalue weighted by Crippen LogP contribution is 2.35. The number of fused-ring (bicyclic) bond motifs is 3. The Labute approximate surface area is 187 Å². The summed E-state index contributed by atoms with van der Waals surface area (Å²) < 4.78 is 6.81. The van der Waals surface area contributed by atoms with Gasteiger partial charge in [-0.3, -0.25) is 19.0 Å². The van der Waals surface area contributed by atoms with Gasteiger partial charge in [-0.05, 0) is 43.0 Å². The van der Waals surface area contributed by atoms with Crippen LogP contribution >= 0.6 is 23.1 Å². The molecule has 1 aliphatic rings. The zero-order valence-corrected chi connectivity index (χ0v) is 19.0. The molecule has 0 spiro atoms. The molecule has 2 N–H and O–H groups in total. The molecular formula is C21H22N4O4S2. The Balaban J connectivity index is 1.51. The van der Waals surface area contributed by atoms with Gasteiger partial charge in [0.2, 0.25) is 11.8 Å². The fourth-order valence-electron chi connectivity index (χ4n) is 3.64. The summed E-state index contributed by atoms with van der Waals surface area (Å²) in [5, 5.41) is 6.71. The van der Waals surface area contributed by atoms with Crippen LogP contribution in [0.15, 0.2) is 28.2 Å². The van der Waals surface area contributed by atoms with Crippen molar-refractivity contribution in [2.24, 2.45) is 7.05 Å². The van der Waals surface area contributed by atoms with Crippen LogP contribution in [0.4, 0.5) is 11.4 Å². The number of thioether (sulfide) groups is 1. The van der Waals surface area contributed by atoms with Crippen LogP contribution in [0.1, 0.15) is 23.8 Å². The SMILES string of the molecule is COc1ccc(NC(C)=O)cc1NC(=O)CSc1nc2sc3c(c2c(=O)n1C)CCC3. The number of aromatic nitrogens is 2. The molecule has 2 aromatic heterocycles. The lowest BCUT2D eigenvalue weighted by atomic mass is 10.2. The van der Waals surface area contributed by atoms with E-state index in [2.05, 4.69) is 15.6 Å². The summed E-state index contributed by atoms with van der Waals surface area (Å²) in [6.45, 7) is 1.41. The standard InChI is InChI=1S/C21H22N4O4S2/c1-11(26)22-12-7-8-15(29-3)14(9-12)23-17(27)10-30-21-24-19-18(20(28)25(21)2)13-5-4-6-16(13)31-19/h7-9H,4-6,10H2,1-3H3,(H,22,26)(H,23,27). The smallest absolute Gasteiger partial charge is 0.262 e. The molecule has 0 saturated heterocycles. The van der Waals surface area contributed by atoms with Gasteiger partial charge < -0.3 is 15.4 Å². The Hall–Kier alpha value is -2.85. The van der Waals surface area contributed by atoms with E-state index < -0.39 is 0 Å². The van der Waals surface area contributed by atoms with Crippen LogP contribution in [-0.4, -0.2) is 34.2 Å². The van der Waals surface area contributed by atoms with Crippen molar-refractivity contribution < 1.29 is 14.3 Å². The van der Waals surface area contributed by atoms with Gasteiger partial charge >= 0.3 is 0 Å². The van der Waals surface area contributed by atoms with Crippen LogP contribution in [0.25, 0.3) is 10.2 Å². The molecular weight excluding hydrogens is 436 g/mol. The number of carbonyl (C=O) groups excluding carboxylic acids is 2. The molecule has 0 atom stereocenters. The molecule has 3 aromatic rings. The molecule has 10 heteroatoms. The summed E-state index contributed by atoms with van der Waals surface area (Å²) in [6, 6.07) is 5.00. The normalized spacial score (nSPS) is 12.6. The number of hydrogen-bond donors (Lipinski definition) is 2. The highest BCUT2D eigenvalue weighted by Gasteiger charge is 2.22. The predicted molar refractivity (Wildman–Crippen MR) is 124 cm³/mol. The Bertz CT molecular complexity index is 1250. The van der Waals surface area contributed by atoms with Crippen molar-refractivity contribution in [3.8, 4) is 5.75 Å². The number of anilines is 2. The fourth-order valence-corrected chi connectivity index (χ4v) is 5.71. The van der Waals surface area contributed by atoms with Gasteiger partial charge in [-0.1, -0.05) is 11.8 Å². The molecule has 0 radical (unpaired) electrons. The number of aryl methyl sites for hydroxylation is 2. The number of thiophene rings is 1. The Morgan fingerprint density at radius 1 is 1.29 bits per heavy atom. The van der Waals surface area contributed by atoms with Gasteiger partial charge in [-0.25, -0.2) is 4.98 Å². The van der Waals surface area contributed by atoms with Crippen LogP contribution in [0.5, 0.6) is 5.75 Å². The number of nitrogens with one attached hydrogen (secondary N) is 2. The minimum atomic E-state index is -0.272. The van der Waals surface area contributed by atoms with Gasteiger partial charge in [-0.2, -0.15) is 0 Å². The molecule has 162 valence electrons. The van der Waals surface area contributed by atoms with Gasteiger partial charge in [0.05, 0.1) is 23.9 Å². The third-order valence-corrected chi connectivity index (χ3v) is 7.25. The van der Waals surface area contributed by atoms with E-state index in [0.717, 1.165) is 35.0 Å². The second-order valence-electron chi connectivity index (χ2n) is 7.23. The van der Waals surface area contributed by atoms with Gasteiger partial charge in [0.1, 0.15) is 10.6 Å². The second kappa shape index (κ2) is 8.72. The third kappa shape index (κ3) is 4.31. The molecule has 0 unspecified atom stereocenters. The average molecular weight is 459 g/mol. The summed E-state index contributed by atoms with van der Waals surface area (Å²) in [7, 11) is 3.19. The number of rotatable bonds is 6. The zero-order chi connectivity index (χ0) is 22.1. The van der Waals surface area contributed by atoms with Crippen LogP contribution in [0, 0.1) is 0 Å². The maximum absolute atomic E-state index is 12.9. The molecule has 0 aliphatic heterocycles. The molecule has 1 aliphatic carbocycles. The molecule has 0 bridgehead atoms. The van der Waals surface area contributed by atoms with E-state index in [1.54, 1.807) is 36.6 Å². The largest absolute Gasteiger partial charge is 0.495 e. The van der Waals surface area contributed by atoms with Gasteiger partial charge in [0.15, 0.2) is 5.16 Å². The summed E-state index contributed by atoms with van der Waals surface area (Å²) in [5.74, 6) is 0.0726. The van der Waals surface area contributed by atoms with E-state index >= 15 is 0 Å². The monoisotopic (exact) mass is 458 g/mol. The van der Waals surface area contributed by atoms with E-state index in [4.69, 9.17) is 4.74 Å². The van der Waals surface area contributed by atoms with Crippen LogP contribution in [0.2, 0.25) is 0 Å². The second-order valence-corrected chi connectivity index (χ2v) is 9.26. The van der Waals surface area contributed by atoms with E-state index in [1.165, 1.54) is 35.2 Å². The summed E-state index contributed by atoms with van der Waals surface area (Å²) in [6.07, 6.45) is 3.02. The third-order valence-electron chi connectivity index (χ3n) is 5.03. The van der Waals surface area contributed by atoms with Crippen LogP contribution < -0.4 is 20.9 Å². The molecule has 2 heterocycles. The molecule has 8 nitrogen and oxygen atoms in total. The highest BCUT2D eigenvalue weighted by atomic mass is 32.2. The van der Waals surface area contributed by atoms with Crippen molar-refractivity contribution in [3.05, 3.63) is 39.0 Å². The van der Waals surface area contributed by atoms with E-state index in [1.807, 2.05) is 0 Å². The number of benzene rings is 1. The molecule has 4 rings (SSSR count). The quantitative estimate of drug-likeness (QED) is 0.435. The Morgan fingerprint density at radius 2 is 2.10 bits per heavy atom. The number of nitrogens with zero attached hydrogens (tertiary/aromatic N) is 2. The predicted octanol–water partition coefficient (Wildman–Crippen LogP) is 3.18. The first kappa shape index (κ1) is 21.4. The number of amides is 2. The lowest BCUT2D eigenvalue weighted by Gasteiger charge is -2.12. The van der Waals surface area contributed by atoms with E-state index in [0.29, 0.717) is 22.3 Å². The molecule has 0 fully saturated rings. The van der Waals surface area contributed by atoms with Crippen molar-refractivity contribution in [1.29, 1.82) is 0 Å². The molecule has 31 heavy (non-hydrogen) atoms. The topological polar surface area (TPSA) is 102 Å². The summed E-state index contributed by atoms with van der Waals surface area (Å²) in [5.41, 5.74) is 2.09. The maximum Gasteiger partial charge on any atom is 0.262 e. The van der Waals surface area contributed by atoms with Crippen molar-refractivity contribution in [1.82, 2.24) is 9.55 Å². The van der Waals surface area contributed by atoms with Crippen LogP contribution in [0.3, 0.4) is 0 Å². The van der Waals surface area contributed by atoms with Crippen molar-refractivity contribution in [3.63, 3.8) is 0 Å². The van der Waals surface area contributed by atoms with E-state index in [-0.39, 0.29) is 23.1 Å². The molecule has 0 saturated carbocycles. The van der Waals surface area contributed by atoms with Crippen molar-refractivity contribution in [2.45, 2.75) is 31.3 Å². The van der Waals surface area contributed by atoms with Crippen molar-refractivity contribution in [2.75, 3.05) is 23.5 Å². The van der Waals surface area contributed by atoms with Crippen LogP contribution in [-0.2, 0) is 29.5 Å². The first-order valence-electron chi connectivity index (χ1n) is 9.77. The van der Waals surface area contributed by atoms with E-state index in [9.17, 15) is 14.4 Å². The lowest BCUT2D eigenvalue weighted by Crippen LogP contribution is -2.21. The molecule has 1 aromatic carbocycles. The number of hydrogen-bond acceptors (Lipinski definition) is 7. The maximum atomic E-state index is 12.9. The minimum absolute atomic E-state index is 0.0583. The number of ether oxygens (including phenoxy) is 1. The first-order chi connectivity index (χ1) is 14.9. The number of carbonyl (C=O) groups is 2. The first-order valence-corrected chi connectivity index (χ1v) is 11.6. The Kier molecular flexibility index (Phi) is 6.01. The molecule has 2 amide bonds. The van der Waals surface area contributed by atoms with Crippen molar-refractivity contribution >= 4 is 56.5 Å². The zero-order valence-electron chi connectivity index (χ0n) is 17.4. The average Bonchev–Trinajstić information content (AvgIpc) is 3.30. The summed E-state index contributed by atoms with van der Waals surface area (Å²) in [4.78, 5) is 43.4. The Morgan fingerprint density at radius 3 is 2.84 bits per heavy atom. The minimum Gasteiger partial charge on any atom is -0.495 e. The summed E-state index contributed by atoms with van der Waals surface area (Å²) >= 11 is 2.79. The fraction of sp³-hybridized carbons (Fsp3) is 0.333. The van der Waals surface area contributed by atoms with Gasteiger partial charge in [-0.15, -0.1) is 11.3 Å². The highest BCUT2D eigenvalue weighted by molar-refractivity contribution is 7.99. The van der Waals surface area contributed by atoms with Gasteiger partial charge in [0, 0.05) is 24.5 Å². The lowest BCUT2D eigenvalue weighted by molar-refractivity contribution is -0.114. The van der Waals surface area contributed by atoms with Gasteiger partial charge in [0.25, 0.3) is 5.56 Å².